The van der Waals surface area contributed by atoms with E-state index in [4.69, 9.17) is 34.8 Å². The molecule has 0 saturated carbocycles. The summed E-state index contributed by atoms with van der Waals surface area (Å²) < 4.78 is 26.4. The average molecular weight is 639 g/mol. The van der Waals surface area contributed by atoms with Crippen LogP contribution in [-0.4, -0.2) is 50.0 Å². The summed E-state index contributed by atoms with van der Waals surface area (Å²) in [4.78, 5) is 28.9. The second-order valence-corrected chi connectivity index (χ2v) is 13.2. The van der Waals surface area contributed by atoms with Crippen molar-refractivity contribution in [3.63, 3.8) is 0 Å². The van der Waals surface area contributed by atoms with Crippen molar-refractivity contribution in [2.24, 2.45) is 0 Å². The zero-order valence-corrected chi connectivity index (χ0v) is 26.3. The van der Waals surface area contributed by atoms with Crippen molar-refractivity contribution >= 4 is 62.3 Å². The highest BCUT2D eigenvalue weighted by atomic mass is 35.5. The molecule has 0 saturated heterocycles. The van der Waals surface area contributed by atoms with E-state index in [9.17, 15) is 18.0 Å². The highest BCUT2D eigenvalue weighted by molar-refractivity contribution is 7.92. The van der Waals surface area contributed by atoms with E-state index < -0.39 is 16.1 Å². The van der Waals surface area contributed by atoms with Crippen molar-refractivity contribution in [3.8, 4) is 0 Å². The molecule has 0 aliphatic rings. The van der Waals surface area contributed by atoms with Crippen molar-refractivity contribution in [2.45, 2.75) is 51.7 Å². The molecule has 2 amide bonds. The van der Waals surface area contributed by atoms with Crippen LogP contribution in [-0.2, 0) is 32.6 Å². The fourth-order valence-corrected chi connectivity index (χ4v) is 6.01. The molecule has 0 radical (unpaired) electrons. The minimum absolute atomic E-state index is 0.00194. The summed E-state index contributed by atoms with van der Waals surface area (Å²) in [6, 6.07) is 20.0. The maximum Gasteiger partial charge on any atom is 0.243 e. The predicted molar refractivity (Wildman–Crippen MR) is 167 cm³/mol. The van der Waals surface area contributed by atoms with E-state index in [1.54, 1.807) is 42.5 Å². The molecule has 0 aromatic heterocycles. The molecule has 1 N–H and O–H groups in total. The van der Waals surface area contributed by atoms with Gasteiger partial charge in [0.15, 0.2) is 0 Å². The number of carbonyl (C=O) groups is 2. The lowest BCUT2D eigenvalue weighted by Crippen LogP contribution is -2.51. The Morgan fingerprint density at radius 3 is 2.20 bits per heavy atom. The molecule has 0 fully saturated rings. The fraction of sp³-hybridized carbons (Fsp3) is 0.333. The van der Waals surface area contributed by atoms with E-state index in [-0.39, 0.29) is 50.2 Å². The van der Waals surface area contributed by atoms with E-state index in [0.717, 1.165) is 11.8 Å². The van der Waals surface area contributed by atoms with Gasteiger partial charge in [0.2, 0.25) is 21.8 Å². The second-order valence-electron chi connectivity index (χ2n) is 10.0. The summed E-state index contributed by atoms with van der Waals surface area (Å²) >= 11 is 18.7. The van der Waals surface area contributed by atoms with Gasteiger partial charge in [0.05, 0.1) is 11.9 Å². The zero-order chi connectivity index (χ0) is 30.2. The van der Waals surface area contributed by atoms with Gasteiger partial charge in [0, 0.05) is 47.0 Å². The molecule has 41 heavy (non-hydrogen) atoms. The Kier molecular flexibility index (Phi) is 11.9. The standard InChI is InChI=1S/C30H34Cl3N3O4S/c1-21(2)34-30(38)28(17-22-9-5-4-6-10-22)35(20-23-14-15-25(32)19-27(23)33)29(37)13-8-16-36(41(3,39)40)26-12-7-11-24(31)18-26/h4-7,9-12,14-15,18-19,21,28H,8,13,16-17,20H2,1-3H3,(H,34,38). The van der Waals surface area contributed by atoms with E-state index in [0.29, 0.717) is 26.3 Å². The number of sulfonamides is 1. The number of hydrogen-bond acceptors (Lipinski definition) is 4. The molecule has 1 unspecified atom stereocenters. The van der Waals surface area contributed by atoms with Crippen LogP contribution in [0.4, 0.5) is 5.69 Å². The summed E-state index contributed by atoms with van der Waals surface area (Å²) in [5, 5.41) is 4.18. The molecule has 7 nitrogen and oxygen atoms in total. The van der Waals surface area contributed by atoms with Gasteiger partial charge in [-0.3, -0.25) is 13.9 Å². The molecule has 220 valence electrons. The quantitative estimate of drug-likeness (QED) is 0.236. The lowest BCUT2D eigenvalue weighted by atomic mass is 10.0. The number of rotatable bonds is 13. The molecule has 1 atom stereocenters. The van der Waals surface area contributed by atoms with Crippen LogP contribution in [0, 0.1) is 0 Å². The summed E-state index contributed by atoms with van der Waals surface area (Å²) in [5.74, 6) is -0.602. The monoisotopic (exact) mass is 637 g/mol. The summed E-state index contributed by atoms with van der Waals surface area (Å²) in [7, 11) is -3.64. The maximum atomic E-state index is 13.9. The molecule has 3 aromatic rings. The Morgan fingerprint density at radius 2 is 1.59 bits per heavy atom. The van der Waals surface area contributed by atoms with Gasteiger partial charge >= 0.3 is 0 Å². The van der Waals surface area contributed by atoms with Gasteiger partial charge in [0.1, 0.15) is 6.04 Å². The number of benzene rings is 3. The molecular formula is C30H34Cl3N3O4S. The van der Waals surface area contributed by atoms with E-state index in [2.05, 4.69) is 5.32 Å². The number of halogens is 3. The normalized spacial score (nSPS) is 12.2. The summed E-state index contributed by atoms with van der Waals surface area (Å²) in [6.45, 7) is 3.84. The first-order valence-electron chi connectivity index (χ1n) is 13.2. The minimum atomic E-state index is -3.64. The van der Waals surface area contributed by atoms with Crippen molar-refractivity contribution in [1.82, 2.24) is 10.2 Å². The van der Waals surface area contributed by atoms with Crippen LogP contribution in [0.15, 0.2) is 72.8 Å². The van der Waals surface area contributed by atoms with Crippen LogP contribution in [0.25, 0.3) is 0 Å². The number of hydrogen-bond donors (Lipinski definition) is 1. The molecule has 11 heteroatoms. The SMILES string of the molecule is CC(C)NC(=O)C(Cc1ccccc1)N(Cc1ccc(Cl)cc1Cl)C(=O)CCCN(c1cccc(Cl)c1)S(C)(=O)=O. The number of nitrogens with zero attached hydrogens (tertiary/aromatic N) is 2. The van der Waals surface area contributed by atoms with E-state index in [1.807, 2.05) is 44.2 Å². The van der Waals surface area contributed by atoms with Crippen molar-refractivity contribution in [1.29, 1.82) is 0 Å². The number of carbonyl (C=O) groups excluding carboxylic acids is 2. The van der Waals surface area contributed by atoms with Gasteiger partial charge in [-0.15, -0.1) is 0 Å². The van der Waals surface area contributed by atoms with Gasteiger partial charge in [-0.2, -0.15) is 0 Å². The molecule has 3 rings (SSSR count). The number of amides is 2. The van der Waals surface area contributed by atoms with Crippen molar-refractivity contribution in [2.75, 3.05) is 17.1 Å². The topological polar surface area (TPSA) is 86.8 Å². The third-order valence-electron chi connectivity index (χ3n) is 6.31. The lowest BCUT2D eigenvalue weighted by Gasteiger charge is -2.32. The zero-order valence-electron chi connectivity index (χ0n) is 23.2. The molecule has 0 aliphatic heterocycles. The van der Waals surface area contributed by atoms with Crippen LogP contribution in [0.5, 0.6) is 0 Å². The first kappa shape index (κ1) is 32.7. The summed E-state index contributed by atoms with van der Waals surface area (Å²) in [5.41, 5.74) is 1.94. The third-order valence-corrected chi connectivity index (χ3v) is 8.32. The Morgan fingerprint density at radius 1 is 0.902 bits per heavy atom. The minimum Gasteiger partial charge on any atom is -0.352 e. The first-order chi connectivity index (χ1) is 19.3. The highest BCUT2D eigenvalue weighted by Gasteiger charge is 2.31. The predicted octanol–water partition coefficient (Wildman–Crippen LogP) is 6.36. The van der Waals surface area contributed by atoms with Gasteiger partial charge in [-0.05, 0) is 61.7 Å². The van der Waals surface area contributed by atoms with E-state index in [1.165, 1.54) is 9.21 Å². The van der Waals surface area contributed by atoms with Gasteiger partial charge in [-0.25, -0.2) is 8.42 Å². The Balaban J connectivity index is 1.91. The summed E-state index contributed by atoms with van der Waals surface area (Å²) in [6.07, 6.45) is 1.61. The fourth-order valence-electron chi connectivity index (χ4n) is 4.40. The Bertz CT molecular complexity index is 1450. The largest absolute Gasteiger partial charge is 0.352 e. The van der Waals surface area contributed by atoms with Crippen LogP contribution in [0.2, 0.25) is 15.1 Å². The van der Waals surface area contributed by atoms with Crippen LogP contribution in [0.1, 0.15) is 37.8 Å². The van der Waals surface area contributed by atoms with Gasteiger partial charge < -0.3 is 10.2 Å². The molecule has 0 heterocycles. The smallest absolute Gasteiger partial charge is 0.243 e. The molecule has 0 bridgehead atoms. The Hall–Kier alpha value is -2.78. The van der Waals surface area contributed by atoms with Crippen molar-refractivity contribution in [3.05, 3.63) is 99.0 Å². The van der Waals surface area contributed by atoms with Crippen LogP contribution >= 0.6 is 34.8 Å². The van der Waals surface area contributed by atoms with Crippen molar-refractivity contribution < 1.29 is 18.0 Å². The van der Waals surface area contributed by atoms with Crippen LogP contribution < -0.4 is 9.62 Å². The Labute approximate surface area is 257 Å². The van der Waals surface area contributed by atoms with Gasteiger partial charge in [0.25, 0.3) is 0 Å². The molecule has 3 aromatic carbocycles. The maximum absolute atomic E-state index is 13.9. The van der Waals surface area contributed by atoms with Crippen LogP contribution in [0.3, 0.4) is 0 Å². The van der Waals surface area contributed by atoms with E-state index >= 15 is 0 Å². The third kappa shape index (κ3) is 9.92. The highest BCUT2D eigenvalue weighted by Crippen LogP contribution is 2.26. The first-order valence-corrected chi connectivity index (χ1v) is 16.1. The number of anilines is 1. The van der Waals surface area contributed by atoms with Gasteiger partial charge in [-0.1, -0.05) is 77.3 Å². The molecular weight excluding hydrogens is 605 g/mol. The molecule has 0 aliphatic carbocycles. The second kappa shape index (κ2) is 14.9. The average Bonchev–Trinajstić information content (AvgIpc) is 2.89. The number of nitrogens with one attached hydrogen (secondary N) is 1. The lowest BCUT2D eigenvalue weighted by molar-refractivity contribution is -0.141. The molecule has 0 spiro atoms.